The van der Waals surface area contributed by atoms with E-state index in [-0.39, 0.29) is 43.2 Å². The fourth-order valence-corrected chi connectivity index (χ4v) is 2.70. The van der Waals surface area contributed by atoms with Crippen molar-refractivity contribution in [1.82, 2.24) is 15.3 Å². The maximum absolute atomic E-state index is 11.7. The minimum atomic E-state index is -0.226. The number of hydrogen-bond donors (Lipinski definition) is 2. The minimum absolute atomic E-state index is 0. The normalized spacial score (nSPS) is 11.1. The molecule has 6 nitrogen and oxygen atoms in total. The monoisotopic (exact) mass is 392 g/mol. The van der Waals surface area contributed by atoms with Crippen LogP contribution in [0, 0.1) is 0 Å². The minimum Gasteiger partial charge on any atom is -0.380 e. The molecule has 2 heterocycles. The van der Waals surface area contributed by atoms with E-state index in [9.17, 15) is 4.79 Å². The van der Waals surface area contributed by atoms with Crippen LogP contribution in [0.25, 0.3) is 11.4 Å². The Morgan fingerprint density at radius 2 is 2.17 bits per heavy atom. The largest absolute Gasteiger partial charge is 0.380 e. The number of pyridine rings is 1. The summed E-state index contributed by atoms with van der Waals surface area (Å²) in [6.45, 7) is 0.888. The second-order valence-corrected chi connectivity index (χ2v) is 5.68. The number of aromatic nitrogens is 2. The molecule has 0 aliphatic heterocycles. The molecule has 0 saturated heterocycles. The van der Waals surface area contributed by atoms with Crippen LogP contribution in [-0.4, -0.2) is 42.2 Å². The van der Waals surface area contributed by atoms with Crippen molar-refractivity contribution in [3.8, 4) is 11.4 Å². The van der Waals surface area contributed by atoms with Crippen LogP contribution in [0.3, 0.4) is 0 Å². The highest BCUT2D eigenvalue weighted by atomic mass is 35.5. The zero-order chi connectivity index (χ0) is 15.8. The third kappa shape index (κ3) is 7.11. The van der Waals surface area contributed by atoms with Crippen molar-refractivity contribution in [2.45, 2.75) is 18.9 Å². The number of ether oxygens (including phenoxy) is 1. The summed E-state index contributed by atoms with van der Waals surface area (Å²) >= 11 is 1.57. The molecular formula is C15H22Cl2N4O2S. The van der Waals surface area contributed by atoms with Crippen LogP contribution in [0.5, 0.6) is 0 Å². The van der Waals surface area contributed by atoms with E-state index in [0.717, 1.165) is 16.4 Å². The fourth-order valence-electron chi connectivity index (χ4n) is 1.91. The first-order valence-corrected chi connectivity index (χ1v) is 7.96. The molecule has 2 aromatic heterocycles. The summed E-state index contributed by atoms with van der Waals surface area (Å²) in [7, 11) is 1.56. The molecular weight excluding hydrogens is 371 g/mol. The summed E-state index contributed by atoms with van der Waals surface area (Å²) in [6, 6.07) is 5.74. The molecule has 0 aliphatic rings. The van der Waals surface area contributed by atoms with Crippen LogP contribution in [0.2, 0.25) is 0 Å². The number of hydrogen-bond acceptors (Lipinski definition) is 6. The Kier molecular flexibility index (Phi) is 11.5. The SMILES string of the molecule is COC(CN)CC(=O)NCCc1nc(-c2ccccn2)cs1.Cl.Cl. The quantitative estimate of drug-likeness (QED) is 0.717. The van der Waals surface area contributed by atoms with E-state index in [1.165, 1.54) is 0 Å². The van der Waals surface area contributed by atoms with Gasteiger partial charge in [0.05, 0.1) is 28.9 Å². The van der Waals surface area contributed by atoms with E-state index < -0.39 is 0 Å². The maximum atomic E-state index is 11.7. The van der Waals surface area contributed by atoms with Gasteiger partial charge in [-0.05, 0) is 12.1 Å². The van der Waals surface area contributed by atoms with Gasteiger partial charge in [0.1, 0.15) is 0 Å². The highest BCUT2D eigenvalue weighted by molar-refractivity contribution is 7.09. The maximum Gasteiger partial charge on any atom is 0.222 e. The fraction of sp³-hybridized carbons (Fsp3) is 0.400. The van der Waals surface area contributed by atoms with Crippen LogP contribution >= 0.6 is 36.2 Å². The lowest BCUT2D eigenvalue weighted by Crippen LogP contribution is -2.33. The van der Waals surface area contributed by atoms with Gasteiger partial charge in [-0.15, -0.1) is 36.2 Å². The van der Waals surface area contributed by atoms with Gasteiger partial charge in [0.15, 0.2) is 0 Å². The van der Waals surface area contributed by atoms with Gasteiger partial charge < -0.3 is 15.8 Å². The van der Waals surface area contributed by atoms with Crippen molar-refractivity contribution in [1.29, 1.82) is 0 Å². The molecule has 2 rings (SSSR count). The van der Waals surface area contributed by atoms with Crippen LogP contribution in [0.4, 0.5) is 0 Å². The second-order valence-electron chi connectivity index (χ2n) is 4.74. The van der Waals surface area contributed by atoms with Crippen molar-refractivity contribution in [2.75, 3.05) is 20.2 Å². The standard InChI is InChI=1S/C15H20N4O2S.2ClH/c1-21-11(9-16)8-14(20)18-7-5-15-19-13(10-22-15)12-4-2-3-6-17-12;;/h2-4,6,10-11H,5,7-9,16H2,1H3,(H,18,20);2*1H. The molecule has 2 aromatic rings. The molecule has 0 bridgehead atoms. The summed E-state index contributed by atoms with van der Waals surface area (Å²) < 4.78 is 5.08. The van der Waals surface area contributed by atoms with Crippen molar-refractivity contribution in [3.63, 3.8) is 0 Å². The van der Waals surface area contributed by atoms with Gasteiger partial charge in [0.2, 0.25) is 5.91 Å². The lowest BCUT2D eigenvalue weighted by Gasteiger charge is -2.12. The molecule has 0 aliphatic carbocycles. The Bertz CT molecular complexity index is 594. The first-order chi connectivity index (χ1) is 10.7. The Morgan fingerprint density at radius 1 is 1.38 bits per heavy atom. The molecule has 0 fully saturated rings. The molecule has 0 aromatic carbocycles. The molecule has 1 amide bonds. The zero-order valence-corrected chi connectivity index (χ0v) is 15.8. The number of nitrogens with one attached hydrogen (secondary N) is 1. The molecule has 0 saturated carbocycles. The topological polar surface area (TPSA) is 90.1 Å². The third-order valence-electron chi connectivity index (χ3n) is 3.15. The molecule has 9 heteroatoms. The van der Waals surface area contributed by atoms with Crippen LogP contribution < -0.4 is 11.1 Å². The summed E-state index contributed by atoms with van der Waals surface area (Å²) in [4.78, 5) is 20.5. The molecule has 1 unspecified atom stereocenters. The summed E-state index contributed by atoms with van der Waals surface area (Å²) in [5.41, 5.74) is 7.22. The molecule has 1 atom stereocenters. The van der Waals surface area contributed by atoms with Gasteiger partial charge in [-0.1, -0.05) is 6.07 Å². The van der Waals surface area contributed by atoms with Gasteiger partial charge in [0, 0.05) is 38.2 Å². The summed E-state index contributed by atoms with van der Waals surface area (Å²) in [5.74, 6) is -0.0567. The van der Waals surface area contributed by atoms with E-state index in [1.807, 2.05) is 23.6 Å². The molecule has 24 heavy (non-hydrogen) atoms. The Labute approximate surface area is 158 Å². The number of halogens is 2. The number of carbonyl (C=O) groups excluding carboxylic acids is 1. The first-order valence-electron chi connectivity index (χ1n) is 7.08. The Balaban J connectivity index is 0.00000264. The number of thiazole rings is 1. The third-order valence-corrected chi connectivity index (χ3v) is 4.06. The van der Waals surface area contributed by atoms with Crippen LogP contribution in [-0.2, 0) is 16.0 Å². The molecule has 0 radical (unpaired) electrons. The predicted octanol–water partition coefficient (Wildman–Crippen LogP) is 2.07. The van der Waals surface area contributed by atoms with E-state index >= 15 is 0 Å². The van der Waals surface area contributed by atoms with Gasteiger partial charge in [0.25, 0.3) is 0 Å². The van der Waals surface area contributed by atoms with Gasteiger partial charge >= 0.3 is 0 Å². The van der Waals surface area contributed by atoms with E-state index in [1.54, 1.807) is 24.6 Å². The number of nitrogens with zero attached hydrogens (tertiary/aromatic N) is 2. The number of methoxy groups -OCH3 is 1. The summed E-state index contributed by atoms with van der Waals surface area (Å²) in [5, 5.41) is 5.81. The van der Waals surface area contributed by atoms with Gasteiger partial charge in [-0.3, -0.25) is 9.78 Å². The smallest absolute Gasteiger partial charge is 0.222 e. The molecule has 134 valence electrons. The average molecular weight is 393 g/mol. The van der Waals surface area contributed by atoms with Gasteiger partial charge in [-0.25, -0.2) is 4.98 Å². The number of amides is 1. The first kappa shape index (κ1) is 22.8. The van der Waals surface area contributed by atoms with Crippen LogP contribution in [0.15, 0.2) is 29.8 Å². The predicted molar refractivity (Wildman–Crippen MR) is 101 cm³/mol. The molecule has 0 spiro atoms. The average Bonchev–Trinajstić information content (AvgIpc) is 3.02. The lowest BCUT2D eigenvalue weighted by atomic mass is 10.2. The highest BCUT2D eigenvalue weighted by Crippen LogP contribution is 2.19. The van der Waals surface area contributed by atoms with Crippen molar-refractivity contribution < 1.29 is 9.53 Å². The number of nitrogens with two attached hydrogens (primary N) is 1. The number of rotatable bonds is 8. The second kappa shape index (κ2) is 12.2. The van der Waals surface area contributed by atoms with E-state index in [0.29, 0.717) is 19.5 Å². The van der Waals surface area contributed by atoms with Crippen molar-refractivity contribution in [2.24, 2.45) is 5.73 Å². The van der Waals surface area contributed by atoms with Gasteiger partial charge in [-0.2, -0.15) is 0 Å². The Morgan fingerprint density at radius 3 is 2.79 bits per heavy atom. The van der Waals surface area contributed by atoms with Crippen molar-refractivity contribution >= 4 is 42.1 Å². The van der Waals surface area contributed by atoms with E-state index in [4.69, 9.17) is 10.5 Å². The highest BCUT2D eigenvalue weighted by Gasteiger charge is 2.11. The summed E-state index contributed by atoms with van der Waals surface area (Å²) in [6.07, 6.45) is 2.50. The number of carbonyl (C=O) groups is 1. The van der Waals surface area contributed by atoms with Crippen LogP contribution in [0.1, 0.15) is 11.4 Å². The van der Waals surface area contributed by atoms with E-state index in [2.05, 4.69) is 15.3 Å². The zero-order valence-electron chi connectivity index (χ0n) is 13.3. The van der Waals surface area contributed by atoms with Crippen molar-refractivity contribution in [3.05, 3.63) is 34.8 Å². The Hall–Kier alpha value is -1.25. The molecule has 3 N–H and O–H groups in total. The lowest BCUT2D eigenvalue weighted by molar-refractivity contribution is -0.123.